The zero-order chi connectivity index (χ0) is 23.5. The number of nitrogens with zero attached hydrogens (tertiary/aromatic N) is 3. The minimum Gasteiger partial charge on any atom is -0.292 e. The second-order valence-corrected chi connectivity index (χ2v) is 9.31. The fourth-order valence-electron chi connectivity index (χ4n) is 5.27. The molecule has 0 saturated heterocycles. The zero-order valence-electron chi connectivity index (χ0n) is 16.8. The molecule has 0 aromatic carbocycles. The highest BCUT2D eigenvalue weighted by Crippen LogP contribution is 2.65. The van der Waals surface area contributed by atoms with Crippen LogP contribution in [0, 0.1) is 39.4 Å². The Balaban J connectivity index is 2.01. The summed E-state index contributed by atoms with van der Waals surface area (Å²) in [6.07, 6.45) is -8.19. The molecular weight excluding hydrogens is 454 g/mol. The van der Waals surface area contributed by atoms with Gasteiger partial charge in [-0.1, -0.05) is 6.42 Å². The molecule has 0 fully saturated rings. The molecule has 1 unspecified atom stereocenters. The molecule has 0 saturated carbocycles. The average Bonchev–Trinajstić information content (AvgIpc) is 3.23. The topological polar surface area (TPSA) is 74.7 Å². The van der Waals surface area contributed by atoms with Crippen LogP contribution in [0.1, 0.15) is 54.5 Å². The lowest BCUT2D eigenvalue weighted by Crippen LogP contribution is -2.62. The van der Waals surface area contributed by atoms with Gasteiger partial charge >= 0.3 is 12.4 Å². The van der Waals surface area contributed by atoms with Crippen LogP contribution in [-0.4, -0.2) is 18.2 Å². The van der Waals surface area contributed by atoms with Gasteiger partial charge in [-0.2, -0.15) is 36.9 Å². The minimum absolute atomic E-state index is 0.0491. The maximum Gasteiger partial charge on any atom is 0.408 e. The van der Waals surface area contributed by atoms with Crippen molar-refractivity contribution < 1.29 is 26.3 Å². The van der Waals surface area contributed by atoms with Crippen molar-refractivity contribution in [1.29, 1.82) is 15.9 Å². The number of amidine groups is 1. The maximum atomic E-state index is 14.2. The quantitative estimate of drug-likeness (QED) is 0.381. The third-order valence-electron chi connectivity index (χ3n) is 6.62. The van der Waals surface area contributed by atoms with Crippen molar-refractivity contribution >= 4 is 22.2 Å². The Morgan fingerprint density at radius 2 is 1.59 bits per heavy atom. The summed E-state index contributed by atoms with van der Waals surface area (Å²) in [5.74, 6) is -3.87. The van der Waals surface area contributed by atoms with Crippen molar-refractivity contribution in [2.24, 2.45) is 11.3 Å². The van der Waals surface area contributed by atoms with Crippen LogP contribution < -0.4 is 4.90 Å². The normalized spacial score (nSPS) is 23.3. The summed E-state index contributed by atoms with van der Waals surface area (Å²) in [6.45, 7) is 0. The molecule has 3 aliphatic rings. The Morgan fingerprint density at radius 3 is 2.19 bits per heavy atom. The Hall–Kier alpha value is -2.53. The third-order valence-corrected chi connectivity index (χ3v) is 7.90. The first kappa shape index (κ1) is 22.7. The van der Waals surface area contributed by atoms with Gasteiger partial charge in [0.05, 0.1) is 11.6 Å². The van der Waals surface area contributed by atoms with Crippen molar-refractivity contribution in [2.45, 2.75) is 63.7 Å². The largest absolute Gasteiger partial charge is 0.408 e. The van der Waals surface area contributed by atoms with Gasteiger partial charge in [0.1, 0.15) is 22.8 Å². The SMILES string of the molecule is N#Cc1c(N2C(=N)C(C#N)C(C(F)(F)F)(C(F)(F)F)C3=C2CCC3)sc2c1CCCCC2. The smallest absolute Gasteiger partial charge is 0.292 e. The van der Waals surface area contributed by atoms with Crippen LogP contribution in [0.3, 0.4) is 0 Å². The number of rotatable bonds is 1. The van der Waals surface area contributed by atoms with Crippen molar-refractivity contribution in [3.8, 4) is 12.1 Å². The lowest BCUT2D eigenvalue weighted by Gasteiger charge is -2.47. The van der Waals surface area contributed by atoms with Crippen LogP contribution in [0.4, 0.5) is 31.3 Å². The summed E-state index contributed by atoms with van der Waals surface area (Å²) in [4.78, 5) is 1.92. The van der Waals surface area contributed by atoms with E-state index in [2.05, 4.69) is 6.07 Å². The first-order chi connectivity index (χ1) is 15.0. The monoisotopic (exact) mass is 472 g/mol. The highest BCUT2D eigenvalue weighted by molar-refractivity contribution is 7.16. The van der Waals surface area contributed by atoms with Gasteiger partial charge < -0.3 is 0 Å². The molecule has 4 rings (SSSR count). The summed E-state index contributed by atoms with van der Waals surface area (Å²) in [5.41, 5.74) is -4.61. The van der Waals surface area contributed by atoms with Crippen molar-refractivity contribution in [3.63, 3.8) is 0 Å². The van der Waals surface area contributed by atoms with Crippen LogP contribution in [0.5, 0.6) is 0 Å². The predicted molar refractivity (Wildman–Crippen MR) is 105 cm³/mol. The Kier molecular flexibility index (Phi) is 5.32. The maximum absolute atomic E-state index is 14.2. The molecule has 4 nitrogen and oxygen atoms in total. The molecule has 170 valence electrons. The first-order valence-electron chi connectivity index (χ1n) is 10.2. The highest BCUT2D eigenvalue weighted by Gasteiger charge is 2.79. The Bertz CT molecular complexity index is 1070. The molecule has 11 heteroatoms. The van der Waals surface area contributed by atoms with Crippen LogP contribution in [0.15, 0.2) is 11.3 Å². The number of hydrogen-bond acceptors (Lipinski definition) is 4. The molecule has 2 heterocycles. The van der Waals surface area contributed by atoms with Crippen molar-refractivity contribution in [3.05, 3.63) is 27.3 Å². The summed E-state index contributed by atoms with van der Waals surface area (Å²) in [7, 11) is 0. The molecule has 1 N–H and O–H groups in total. The molecule has 0 radical (unpaired) electrons. The van der Waals surface area contributed by atoms with E-state index in [0.29, 0.717) is 12.8 Å². The number of aryl methyl sites for hydroxylation is 1. The highest BCUT2D eigenvalue weighted by atomic mass is 32.1. The molecule has 1 atom stereocenters. The standard InChI is InChI=1S/C21H18F6N4S/c22-20(23,24)19(21(25,26)27)13-6-4-7-15(13)31(17(30)14(19)10-29)18-12(9-28)11-5-2-1-3-8-16(11)32-18/h14,30H,1-8H2. The number of alkyl halides is 6. The zero-order valence-corrected chi connectivity index (χ0v) is 17.6. The van der Waals surface area contributed by atoms with E-state index in [1.165, 1.54) is 0 Å². The van der Waals surface area contributed by atoms with Gasteiger partial charge in [0.15, 0.2) is 0 Å². The van der Waals surface area contributed by atoms with Crippen LogP contribution in [0.25, 0.3) is 0 Å². The summed E-state index contributed by atoms with van der Waals surface area (Å²) in [5, 5.41) is 27.9. The lowest BCUT2D eigenvalue weighted by molar-refractivity contribution is -0.332. The van der Waals surface area contributed by atoms with Crippen LogP contribution >= 0.6 is 11.3 Å². The Morgan fingerprint density at radius 1 is 0.938 bits per heavy atom. The van der Waals surface area contributed by atoms with E-state index in [9.17, 15) is 36.9 Å². The van der Waals surface area contributed by atoms with Crippen LogP contribution in [0.2, 0.25) is 0 Å². The lowest BCUT2D eigenvalue weighted by atomic mass is 9.65. The molecule has 32 heavy (non-hydrogen) atoms. The molecular formula is C21H18F6N4S. The summed E-state index contributed by atoms with van der Waals surface area (Å²) < 4.78 is 85.1. The van der Waals surface area contributed by atoms with Gasteiger partial charge in [-0.05, 0) is 56.1 Å². The fraction of sp³-hybridized carbons (Fsp3) is 0.571. The number of allylic oxidation sites excluding steroid dienone is 2. The van der Waals surface area contributed by atoms with Crippen molar-refractivity contribution in [2.75, 3.05) is 4.90 Å². The van der Waals surface area contributed by atoms with E-state index in [1.807, 2.05) is 0 Å². The molecule has 0 bridgehead atoms. The van der Waals surface area contributed by atoms with Gasteiger partial charge in [0.2, 0.25) is 5.41 Å². The first-order valence-corrected chi connectivity index (χ1v) is 11.0. The van der Waals surface area contributed by atoms with Gasteiger partial charge in [0, 0.05) is 10.6 Å². The van der Waals surface area contributed by atoms with E-state index < -0.39 is 41.5 Å². The van der Waals surface area contributed by atoms with Gasteiger partial charge in [-0.25, -0.2) is 0 Å². The molecule has 0 amide bonds. The summed E-state index contributed by atoms with van der Waals surface area (Å²) in [6, 6.07) is 3.23. The Labute approximate surface area is 184 Å². The van der Waals surface area contributed by atoms with Gasteiger partial charge in [-0.3, -0.25) is 10.3 Å². The second-order valence-electron chi connectivity index (χ2n) is 8.22. The van der Waals surface area contributed by atoms with E-state index in [-0.39, 0.29) is 29.1 Å². The number of anilines is 1. The number of hydrogen-bond donors (Lipinski definition) is 1. The van der Waals surface area contributed by atoms with E-state index >= 15 is 0 Å². The molecule has 2 aliphatic carbocycles. The van der Waals surface area contributed by atoms with Crippen LogP contribution in [-0.2, 0) is 12.8 Å². The van der Waals surface area contributed by atoms with Crippen molar-refractivity contribution in [1.82, 2.24) is 0 Å². The van der Waals surface area contributed by atoms with Gasteiger partial charge in [0.25, 0.3) is 0 Å². The molecule has 0 spiro atoms. The average molecular weight is 472 g/mol. The molecule has 1 aromatic rings. The van der Waals surface area contributed by atoms with E-state index in [0.717, 1.165) is 52.0 Å². The summed E-state index contributed by atoms with van der Waals surface area (Å²) >= 11 is 1.14. The number of nitrogens with one attached hydrogen (secondary N) is 1. The number of halogens is 6. The number of thiophene rings is 1. The minimum atomic E-state index is -5.81. The fourth-order valence-corrected chi connectivity index (χ4v) is 6.65. The third kappa shape index (κ3) is 2.90. The van der Waals surface area contributed by atoms with Gasteiger partial charge in [-0.15, -0.1) is 11.3 Å². The predicted octanol–water partition coefficient (Wildman–Crippen LogP) is 6.37. The van der Waals surface area contributed by atoms with E-state index in [4.69, 9.17) is 5.41 Å². The molecule has 1 aromatic heterocycles. The second kappa shape index (κ2) is 7.51. The van der Waals surface area contributed by atoms with E-state index in [1.54, 1.807) is 0 Å². The number of nitriles is 2. The number of fused-ring (bicyclic) bond motifs is 1. The molecule has 1 aliphatic heterocycles.